The normalized spacial score (nSPS) is 18.9. The first-order valence-electron chi connectivity index (χ1n) is 7.60. The molecule has 0 radical (unpaired) electrons. The minimum atomic E-state index is 0.171. The molecule has 1 heterocycles. The van der Waals surface area contributed by atoms with Crippen LogP contribution in [0.3, 0.4) is 0 Å². The Kier molecular flexibility index (Phi) is 5.72. The number of thioether (sulfide) groups is 2. The lowest BCUT2D eigenvalue weighted by atomic mass is 10.2. The summed E-state index contributed by atoms with van der Waals surface area (Å²) < 4.78 is 0.249. The summed E-state index contributed by atoms with van der Waals surface area (Å²) in [4.78, 5) is 16.3. The second-order valence-corrected chi connectivity index (χ2v) is 9.69. The predicted octanol–water partition coefficient (Wildman–Crippen LogP) is 3.86. The quantitative estimate of drug-likeness (QED) is 0.813. The fourth-order valence-electron chi connectivity index (χ4n) is 2.36. The molecule has 1 aliphatic rings. The van der Waals surface area contributed by atoms with Crippen molar-refractivity contribution in [3.05, 3.63) is 29.8 Å². The summed E-state index contributed by atoms with van der Waals surface area (Å²) >= 11 is 3.65. The topological polar surface area (TPSA) is 23.6 Å². The number of anilines is 1. The second-order valence-electron chi connectivity index (χ2n) is 6.70. The Morgan fingerprint density at radius 1 is 1.27 bits per heavy atom. The molecule has 3 nitrogen and oxygen atoms in total. The van der Waals surface area contributed by atoms with Gasteiger partial charge in [0.25, 0.3) is 0 Å². The summed E-state index contributed by atoms with van der Waals surface area (Å²) in [6, 6.07) is 8.55. The maximum atomic E-state index is 12.2. The number of nitrogens with zero attached hydrogens (tertiary/aromatic N) is 2. The monoisotopic (exact) mass is 338 g/mol. The zero-order chi connectivity index (χ0) is 16.3. The van der Waals surface area contributed by atoms with E-state index in [9.17, 15) is 4.79 Å². The Hall–Kier alpha value is -0.810. The standard InChI is InChI=1S/C17H26N2OS2/c1-17(2,3)22-11-10-19-15(20)12-21-16(19)13-6-8-14(9-7-13)18(4)5/h6-9,16H,10-12H2,1-5H3. The van der Waals surface area contributed by atoms with Crippen LogP contribution < -0.4 is 4.90 Å². The van der Waals surface area contributed by atoms with Gasteiger partial charge in [-0.2, -0.15) is 11.8 Å². The van der Waals surface area contributed by atoms with Gasteiger partial charge in [0.05, 0.1) is 5.75 Å². The lowest BCUT2D eigenvalue weighted by molar-refractivity contribution is -0.127. The Morgan fingerprint density at radius 3 is 2.45 bits per heavy atom. The summed E-state index contributed by atoms with van der Waals surface area (Å²) in [6.07, 6.45) is 0. The third-order valence-electron chi connectivity index (χ3n) is 3.53. The molecule has 0 aromatic heterocycles. The lowest BCUT2D eigenvalue weighted by Gasteiger charge is -2.26. The van der Waals surface area contributed by atoms with Crippen LogP contribution in [-0.2, 0) is 4.79 Å². The van der Waals surface area contributed by atoms with Gasteiger partial charge in [-0.1, -0.05) is 32.9 Å². The molecule has 1 aromatic rings. The average molecular weight is 339 g/mol. The first-order chi connectivity index (χ1) is 10.3. The average Bonchev–Trinajstić information content (AvgIpc) is 2.79. The van der Waals surface area contributed by atoms with Crippen LogP contribution in [0.2, 0.25) is 0 Å². The van der Waals surface area contributed by atoms with Gasteiger partial charge < -0.3 is 9.80 Å². The van der Waals surface area contributed by atoms with Crippen molar-refractivity contribution in [3.63, 3.8) is 0 Å². The number of hydrogen-bond acceptors (Lipinski definition) is 4. The van der Waals surface area contributed by atoms with Crippen LogP contribution in [-0.4, -0.2) is 47.7 Å². The summed E-state index contributed by atoms with van der Waals surface area (Å²) in [5.74, 6) is 1.85. The highest BCUT2D eigenvalue weighted by molar-refractivity contribution is 8.01. The van der Waals surface area contributed by atoms with E-state index in [2.05, 4.69) is 49.9 Å². The van der Waals surface area contributed by atoms with Crippen LogP contribution in [0.1, 0.15) is 31.7 Å². The first-order valence-corrected chi connectivity index (χ1v) is 9.64. The highest BCUT2D eigenvalue weighted by atomic mass is 32.2. The van der Waals surface area contributed by atoms with Crippen molar-refractivity contribution in [2.24, 2.45) is 0 Å². The van der Waals surface area contributed by atoms with Crippen molar-refractivity contribution in [3.8, 4) is 0 Å². The van der Waals surface area contributed by atoms with Gasteiger partial charge in [0.1, 0.15) is 5.37 Å². The van der Waals surface area contributed by atoms with E-state index in [4.69, 9.17) is 0 Å². The summed E-state index contributed by atoms with van der Waals surface area (Å²) in [7, 11) is 4.08. The van der Waals surface area contributed by atoms with Gasteiger partial charge >= 0.3 is 0 Å². The van der Waals surface area contributed by atoms with Crippen molar-refractivity contribution in [1.29, 1.82) is 0 Å². The zero-order valence-corrected chi connectivity index (χ0v) is 15.8. The molecule has 0 N–H and O–H groups in total. The van der Waals surface area contributed by atoms with Crippen molar-refractivity contribution in [2.45, 2.75) is 30.9 Å². The van der Waals surface area contributed by atoms with Gasteiger partial charge in [-0.15, -0.1) is 11.8 Å². The number of carbonyl (C=O) groups is 1. The predicted molar refractivity (Wildman–Crippen MR) is 99.9 cm³/mol. The summed E-state index contributed by atoms with van der Waals surface area (Å²) in [5.41, 5.74) is 2.41. The lowest BCUT2D eigenvalue weighted by Crippen LogP contribution is -2.31. The van der Waals surface area contributed by atoms with Crippen molar-refractivity contribution in [2.75, 3.05) is 37.0 Å². The van der Waals surface area contributed by atoms with Gasteiger partial charge in [0.15, 0.2) is 0 Å². The summed E-state index contributed by atoms with van der Waals surface area (Å²) in [6.45, 7) is 7.48. The largest absolute Gasteiger partial charge is 0.378 e. The molecule has 0 bridgehead atoms. The molecule has 1 fully saturated rings. The molecule has 1 aliphatic heterocycles. The van der Waals surface area contributed by atoms with E-state index in [-0.39, 0.29) is 16.0 Å². The van der Waals surface area contributed by atoms with E-state index in [1.807, 2.05) is 30.8 Å². The van der Waals surface area contributed by atoms with Crippen LogP contribution in [0, 0.1) is 0 Å². The SMILES string of the molecule is CN(C)c1ccc(C2SCC(=O)N2CCSC(C)(C)C)cc1. The van der Waals surface area contributed by atoms with Gasteiger partial charge in [0.2, 0.25) is 5.91 Å². The van der Waals surface area contributed by atoms with E-state index in [0.29, 0.717) is 5.75 Å². The number of hydrogen-bond donors (Lipinski definition) is 0. The first kappa shape index (κ1) is 17.5. The highest BCUT2D eigenvalue weighted by Crippen LogP contribution is 2.39. The van der Waals surface area contributed by atoms with Gasteiger partial charge in [-0.3, -0.25) is 4.79 Å². The molecule has 1 unspecified atom stereocenters. The maximum Gasteiger partial charge on any atom is 0.233 e. The Labute approximate surface area is 142 Å². The van der Waals surface area contributed by atoms with Gasteiger partial charge in [-0.05, 0) is 17.7 Å². The summed E-state index contributed by atoms with van der Waals surface area (Å²) in [5, 5.41) is 0.171. The molecular formula is C17H26N2OS2. The third-order valence-corrected chi connectivity index (χ3v) is 6.04. The molecule has 1 aromatic carbocycles. The number of amides is 1. The molecule has 0 aliphatic carbocycles. The highest BCUT2D eigenvalue weighted by Gasteiger charge is 2.32. The molecule has 2 rings (SSSR count). The number of benzene rings is 1. The Balaban J connectivity index is 2.03. The molecular weight excluding hydrogens is 312 g/mol. The van der Waals surface area contributed by atoms with Crippen LogP contribution in [0.5, 0.6) is 0 Å². The van der Waals surface area contributed by atoms with E-state index < -0.39 is 0 Å². The number of carbonyl (C=O) groups excluding carboxylic acids is 1. The second kappa shape index (κ2) is 7.18. The molecule has 0 saturated carbocycles. The Morgan fingerprint density at radius 2 is 1.91 bits per heavy atom. The van der Waals surface area contributed by atoms with Gasteiger partial charge in [-0.25, -0.2) is 0 Å². The van der Waals surface area contributed by atoms with Crippen LogP contribution in [0.15, 0.2) is 24.3 Å². The molecule has 1 saturated heterocycles. The van der Waals surface area contributed by atoms with Crippen molar-refractivity contribution >= 4 is 35.1 Å². The third kappa shape index (κ3) is 4.59. The van der Waals surface area contributed by atoms with Crippen LogP contribution >= 0.6 is 23.5 Å². The smallest absolute Gasteiger partial charge is 0.233 e. The van der Waals surface area contributed by atoms with Gasteiger partial charge in [0, 0.05) is 36.8 Å². The van der Waals surface area contributed by atoms with E-state index >= 15 is 0 Å². The molecule has 1 atom stereocenters. The van der Waals surface area contributed by atoms with Crippen molar-refractivity contribution < 1.29 is 4.79 Å². The fraction of sp³-hybridized carbons (Fsp3) is 0.588. The van der Waals surface area contributed by atoms with Crippen LogP contribution in [0.4, 0.5) is 5.69 Å². The van der Waals surface area contributed by atoms with E-state index in [1.54, 1.807) is 11.8 Å². The van der Waals surface area contributed by atoms with Crippen LogP contribution in [0.25, 0.3) is 0 Å². The minimum absolute atomic E-state index is 0.171. The molecule has 0 spiro atoms. The van der Waals surface area contributed by atoms with E-state index in [0.717, 1.165) is 12.3 Å². The van der Waals surface area contributed by atoms with Crippen molar-refractivity contribution in [1.82, 2.24) is 4.90 Å². The van der Waals surface area contributed by atoms with E-state index in [1.165, 1.54) is 11.3 Å². The zero-order valence-electron chi connectivity index (χ0n) is 14.1. The maximum absolute atomic E-state index is 12.2. The molecule has 1 amide bonds. The fourth-order valence-corrected chi connectivity index (χ4v) is 4.48. The molecule has 122 valence electrons. The minimum Gasteiger partial charge on any atom is -0.378 e. The number of rotatable bonds is 5. The molecule has 5 heteroatoms. The molecule has 22 heavy (non-hydrogen) atoms. The Bertz CT molecular complexity index is 508.